The van der Waals surface area contributed by atoms with Gasteiger partial charge in [0.25, 0.3) is 5.91 Å². The highest BCUT2D eigenvalue weighted by atomic mass is 32.2. The number of thioether (sulfide) groups is 1. The van der Waals surface area contributed by atoms with Gasteiger partial charge in [0.2, 0.25) is 0 Å². The van der Waals surface area contributed by atoms with Gasteiger partial charge in [-0.15, -0.1) is 34.4 Å². The average Bonchev–Trinajstić information content (AvgIpc) is 3.25. The summed E-state index contributed by atoms with van der Waals surface area (Å²) in [6.45, 7) is 2.68. The molecule has 6 heteroatoms. The molecule has 1 aromatic carbocycles. The molecule has 0 aliphatic rings. The smallest absolute Gasteiger partial charge is 0.251 e. The fourth-order valence-electron chi connectivity index (χ4n) is 2.19. The molecule has 0 aliphatic carbocycles. The molecule has 3 rings (SSSR count). The van der Waals surface area contributed by atoms with Gasteiger partial charge in [0, 0.05) is 33.0 Å². The minimum absolute atomic E-state index is 0.0155. The van der Waals surface area contributed by atoms with Crippen LogP contribution >= 0.6 is 34.4 Å². The maximum Gasteiger partial charge on any atom is 0.251 e. The van der Waals surface area contributed by atoms with E-state index in [9.17, 15) is 4.79 Å². The third-order valence-corrected chi connectivity index (χ3v) is 6.21. The van der Waals surface area contributed by atoms with Crippen LogP contribution in [0.5, 0.6) is 0 Å². The molecule has 0 saturated carbocycles. The van der Waals surface area contributed by atoms with Crippen molar-refractivity contribution < 1.29 is 4.79 Å². The number of hydrogen-bond donors (Lipinski definition) is 1. The summed E-state index contributed by atoms with van der Waals surface area (Å²) in [4.78, 5) is 19.0. The van der Waals surface area contributed by atoms with Crippen molar-refractivity contribution in [3.63, 3.8) is 0 Å². The summed E-state index contributed by atoms with van der Waals surface area (Å²) in [5.74, 6) is 0.842. The summed E-state index contributed by atoms with van der Waals surface area (Å²) in [6, 6.07) is 11.9. The SMILES string of the molecule is Cc1nc(CSc2ccc(C(=O)NCCc3cccs3)cc2)cs1. The number of carbonyl (C=O) groups excluding carboxylic acids is 1. The molecule has 3 aromatic rings. The Labute approximate surface area is 154 Å². The summed E-state index contributed by atoms with van der Waals surface area (Å²) in [7, 11) is 0. The molecular weight excluding hydrogens is 356 g/mol. The zero-order valence-corrected chi connectivity index (χ0v) is 15.8. The van der Waals surface area contributed by atoms with E-state index in [0.29, 0.717) is 12.1 Å². The second-order valence-corrected chi connectivity index (χ2v) is 8.40. The van der Waals surface area contributed by atoms with Crippen LogP contribution < -0.4 is 5.32 Å². The van der Waals surface area contributed by atoms with E-state index in [2.05, 4.69) is 27.1 Å². The molecule has 3 nitrogen and oxygen atoms in total. The van der Waals surface area contributed by atoms with Crippen LogP contribution in [0.15, 0.2) is 52.1 Å². The third-order valence-electron chi connectivity index (χ3n) is 3.41. The fourth-order valence-corrected chi connectivity index (χ4v) is 4.41. The van der Waals surface area contributed by atoms with Crippen LogP contribution in [0.2, 0.25) is 0 Å². The molecule has 1 amide bonds. The number of aryl methyl sites for hydroxylation is 1. The summed E-state index contributed by atoms with van der Waals surface area (Å²) in [5.41, 5.74) is 1.81. The Kier molecular flexibility index (Phi) is 6.07. The Morgan fingerprint density at radius 3 is 2.71 bits per heavy atom. The van der Waals surface area contributed by atoms with Crippen LogP contribution in [0, 0.1) is 6.92 Å². The highest BCUT2D eigenvalue weighted by molar-refractivity contribution is 7.98. The monoisotopic (exact) mass is 374 g/mol. The highest BCUT2D eigenvalue weighted by Crippen LogP contribution is 2.23. The first kappa shape index (κ1) is 17.2. The minimum atomic E-state index is -0.0155. The number of nitrogens with zero attached hydrogens (tertiary/aromatic N) is 1. The molecule has 0 bridgehead atoms. The zero-order valence-electron chi connectivity index (χ0n) is 13.3. The highest BCUT2D eigenvalue weighted by Gasteiger charge is 2.06. The van der Waals surface area contributed by atoms with Crippen molar-refractivity contribution in [2.24, 2.45) is 0 Å². The quantitative estimate of drug-likeness (QED) is 0.605. The van der Waals surface area contributed by atoms with E-state index in [1.165, 1.54) is 4.88 Å². The number of rotatable bonds is 7. The van der Waals surface area contributed by atoms with Crippen molar-refractivity contribution in [1.29, 1.82) is 0 Å². The molecule has 0 aliphatic heterocycles. The summed E-state index contributed by atoms with van der Waals surface area (Å²) < 4.78 is 0. The van der Waals surface area contributed by atoms with Crippen LogP contribution in [-0.2, 0) is 12.2 Å². The van der Waals surface area contributed by atoms with Crippen LogP contribution in [0.1, 0.15) is 25.9 Å². The number of thiazole rings is 1. The van der Waals surface area contributed by atoms with Gasteiger partial charge in [-0.2, -0.15) is 0 Å². The number of carbonyl (C=O) groups is 1. The van der Waals surface area contributed by atoms with E-state index in [4.69, 9.17) is 0 Å². The first-order chi connectivity index (χ1) is 11.7. The van der Waals surface area contributed by atoms with E-state index in [0.717, 1.165) is 27.8 Å². The lowest BCUT2D eigenvalue weighted by molar-refractivity contribution is 0.0954. The Morgan fingerprint density at radius 2 is 2.04 bits per heavy atom. The minimum Gasteiger partial charge on any atom is -0.352 e. The topological polar surface area (TPSA) is 42.0 Å². The van der Waals surface area contributed by atoms with Gasteiger partial charge in [0.05, 0.1) is 10.7 Å². The number of amides is 1. The Balaban J connectivity index is 1.47. The average molecular weight is 375 g/mol. The van der Waals surface area contributed by atoms with E-state index in [1.807, 2.05) is 37.3 Å². The molecule has 124 valence electrons. The Hall–Kier alpha value is -1.63. The maximum atomic E-state index is 12.1. The predicted molar refractivity (Wildman–Crippen MR) is 103 cm³/mol. The van der Waals surface area contributed by atoms with Gasteiger partial charge < -0.3 is 5.32 Å². The molecule has 0 radical (unpaired) electrons. The van der Waals surface area contributed by atoms with Crippen LogP contribution in [0.3, 0.4) is 0 Å². The first-order valence-corrected chi connectivity index (χ1v) is 10.4. The standard InChI is InChI=1S/C18H18N2OS3/c1-13-20-15(11-23-13)12-24-17-6-4-14(5-7-17)18(21)19-9-8-16-3-2-10-22-16/h2-7,10-11H,8-9,12H2,1H3,(H,19,21). The number of nitrogens with one attached hydrogen (secondary N) is 1. The van der Waals surface area contributed by atoms with E-state index in [1.54, 1.807) is 34.4 Å². The zero-order chi connectivity index (χ0) is 16.8. The van der Waals surface area contributed by atoms with Crippen molar-refractivity contribution in [3.05, 3.63) is 68.3 Å². The molecule has 24 heavy (non-hydrogen) atoms. The van der Waals surface area contributed by atoms with Gasteiger partial charge in [0.1, 0.15) is 0 Å². The lowest BCUT2D eigenvalue weighted by Gasteiger charge is -2.05. The van der Waals surface area contributed by atoms with Crippen molar-refractivity contribution in [2.45, 2.75) is 24.0 Å². The van der Waals surface area contributed by atoms with Crippen LogP contribution in [0.4, 0.5) is 0 Å². The van der Waals surface area contributed by atoms with Gasteiger partial charge in [-0.1, -0.05) is 6.07 Å². The van der Waals surface area contributed by atoms with Gasteiger partial charge in [-0.25, -0.2) is 4.98 Å². The second kappa shape index (κ2) is 8.46. The first-order valence-electron chi connectivity index (χ1n) is 7.65. The van der Waals surface area contributed by atoms with Crippen molar-refractivity contribution in [3.8, 4) is 0 Å². The van der Waals surface area contributed by atoms with E-state index >= 15 is 0 Å². The maximum absolute atomic E-state index is 12.1. The molecule has 0 unspecified atom stereocenters. The summed E-state index contributed by atoms with van der Waals surface area (Å²) in [5, 5.41) is 8.22. The van der Waals surface area contributed by atoms with Crippen molar-refractivity contribution >= 4 is 40.3 Å². The van der Waals surface area contributed by atoms with Gasteiger partial charge in [-0.3, -0.25) is 4.79 Å². The van der Waals surface area contributed by atoms with Crippen LogP contribution in [-0.4, -0.2) is 17.4 Å². The van der Waals surface area contributed by atoms with Crippen molar-refractivity contribution in [1.82, 2.24) is 10.3 Å². The fraction of sp³-hybridized carbons (Fsp3) is 0.222. The molecular formula is C18H18N2OS3. The molecule has 0 atom stereocenters. The second-order valence-electron chi connectivity index (χ2n) is 5.26. The molecule has 0 fully saturated rings. The lowest BCUT2D eigenvalue weighted by atomic mass is 10.2. The lowest BCUT2D eigenvalue weighted by Crippen LogP contribution is -2.25. The third kappa shape index (κ3) is 4.93. The summed E-state index contributed by atoms with van der Waals surface area (Å²) >= 11 is 5.13. The van der Waals surface area contributed by atoms with Gasteiger partial charge in [-0.05, 0) is 49.1 Å². The van der Waals surface area contributed by atoms with Gasteiger partial charge >= 0.3 is 0 Å². The molecule has 1 N–H and O–H groups in total. The van der Waals surface area contributed by atoms with E-state index in [-0.39, 0.29) is 5.91 Å². The van der Waals surface area contributed by atoms with Crippen molar-refractivity contribution in [2.75, 3.05) is 6.54 Å². The Morgan fingerprint density at radius 1 is 1.21 bits per heavy atom. The number of aromatic nitrogens is 1. The normalized spacial score (nSPS) is 10.7. The van der Waals surface area contributed by atoms with Crippen LogP contribution in [0.25, 0.3) is 0 Å². The number of thiophene rings is 1. The summed E-state index contributed by atoms with van der Waals surface area (Å²) in [6.07, 6.45) is 0.879. The molecule has 2 heterocycles. The number of hydrogen-bond acceptors (Lipinski definition) is 5. The molecule has 0 saturated heterocycles. The largest absolute Gasteiger partial charge is 0.352 e. The van der Waals surface area contributed by atoms with Gasteiger partial charge in [0.15, 0.2) is 0 Å². The van der Waals surface area contributed by atoms with E-state index < -0.39 is 0 Å². The Bertz CT molecular complexity index is 779. The molecule has 2 aromatic heterocycles. The molecule has 0 spiro atoms. The predicted octanol–water partition coefficient (Wildman–Crippen LogP) is 4.78. The number of benzene rings is 1.